The van der Waals surface area contributed by atoms with Crippen LogP contribution in [0, 0.1) is 5.92 Å². The average Bonchev–Trinajstić information content (AvgIpc) is 2.44. The SMILES string of the molecule is CCC(C)C(N)C(=O)Nc1cccc(N(C)C(C)C)c1.Cl. The first kappa shape index (κ1) is 19.7. The van der Waals surface area contributed by atoms with E-state index in [0.717, 1.165) is 17.8 Å². The molecule has 4 nitrogen and oxygen atoms in total. The molecular formula is C16H28ClN3O. The summed E-state index contributed by atoms with van der Waals surface area (Å²) >= 11 is 0. The average molecular weight is 314 g/mol. The maximum Gasteiger partial charge on any atom is 0.241 e. The van der Waals surface area contributed by atoms with Crippen molar-refractivity contribution in [2.45, 2.75) is 46.2 Å². The van der Waals surface area contributed by atoms with E-state index >= 15 is 0 Å². The van der Waals surface area contributed by atoms with Crippen LogP contribution in [0.25, 0.3) is 0 Å². The number of hydrogen-bond acceptors (Lipinski definition) is 3. The Labute approximate surface area is 134 Å². The lowest BCUT2D eigenvalue weighted by Gasteiger charge is -2.24. The van der Waals surface area contributed by atoms with Crippen LogP contribution < -0.4 is 16.0 Å². The predicted octanol–water partition coefficient (Wildman–Crippen LogP) is 3.26. The molecule has 2 atom stereocenters. The predicted molar refractivity (Wildman–Crippen MR) is 93.3 cm³/mol. The van der Waals surface area contributed by atoms with Crippen LogP contribution in [0.4, 0.5) is 11.4 Å². The van der Waals surface area contributed by atoms with E-state index in [4.69, 9.17) is 5.73 Å². The van der Waals surface area contributed by atoms with Gasteiger partial charge in [0.05, 0.1) is 6.04 Å². The Hall–Kier alpha value is -1.26. The molecule has 0 aliphatic heterocycles. The van der Waals surface area contributed by atoms with E-state index in [2.05, 4.69) is 24.1 Å². The van der Waals surface area contributed by atoms with Gasteiger partial charge < -0.3 is 16.0 Å². The first-order valence-corrected chi connectivity index (χ1v) is 7.26. The third kappa shape index (κ3) is 5.56. The molecule has 1 rings (SSSR count). The Balaban J connectivity index is 0.00000400. The molecule has 0 aliphatic rings. The van der Waals surface area contributed by atoms with E-state index in [1.165, 1.54) is 0 Å². The summed E-state index contributed by atoms with van der Waals surface area (Å²) in [7, 11) is 2.04. The zero-order valence-corrected chi connectivity index (χ0v) is 14.4. The number of nitrogens with zero attached hydrogens (tertiary/aromatic N) is 1. The zero-order valence-electron chi connectivity index (χ0n) is 13.6. The van der Waals surface area contributed by atoms with Crippen molar-refractivity contribution in [1.29, 1.82) is 0 Å². The van der Waals surface area contributed by atoms with Gasteiger partial charge in [-0.2, -0.15) is 0 Å². The minimum Gasteiger partial charge on any atom is -0.372 e. The molecular weight excluding hydrogens is 286 g/mol. The summed E-state index contributed by atoms with van der Waals surface area (Å²) in [6, 6.07) is 7.78. The molecule has 21 heavy (non-hydrogen) atoms. The van der Waals surface area contributed by atoms with Crippen LogP contribution in [0.2, 0.25) is 0 Å². The maximum absolute atomic E-state index is 12.1. The number of carbonyl (C=O) groups excluding carboxylic acids is 1. The van der Waals surface area contributed by atoms with Crippen molar-refractivity contribution in [2.75, 3.05) is 17.3 Å². The lowest BCUT2D eigenvalue weighted by molar-refractivity contribution is -0.118. The van der Waals surface area contributed by atoms with Gasteiger partial charge in [0.15, 0.2) is 0 Å². The third-order valence-corrected chi connectivity index (χ3v) is 3.86. The number of halogens is 1. The second-order valence-corrected chi connectivity index (χ2v) is 5.66. The highest BCUT2D eigenvalue weighted by atomic mass is 35.5. The lowest BCUT2D eigenvalue weighted by atomic mass is 9.99. The molecule has 0 spiro atoms. The Kier molecular flexibility index (Phi) is 8.37. The van der Waals surface area contributed by atoms with Crippen molar-refractivity contribution in [2.24, 2.45) is 11.7 Å². The van der Waals surface area contributed by atoms with Gasteiger partial charge in [0.1, 0.15) is 0 Å². The quantitative estimate of drug-likeness (QED) is 0.847. The fourth-order valence-electron chi connectivity index (χ4n) is 1.84. The summed E-state index contributed by atoms with van der Waals surface area (Å²) in [6.45, 7) is 8.29. The van der Waals surface area contributed by atoms with Crippen molar-refractivity contribution in [3.8, 4) is 0 Å². The summed E-state index contributed by atoms with van der Waals surface area (Å²) in [5.41, 5.74) is 7.81. The Morgan fingerprint density at radius 3 is 2.48 bits per heavy atom. The minimum atomic E-state index is -0.466. The number of nitrogens with two attached hydrogens (primary N) is 1. The van der Waals surface area contributed by atoms with Gasteiger partial charge in [0, 0.05) is 24.5 Å². The highest BCUT2D eigenvalue weighted by molar-refractivity contribution is 5.95. The van der Waals surface area contributed by atoms with E-state index in [1.807, 2.05) is 45.2 Å². The molecule has 1 aromatic rings. The molecule has 0 saturated heterocycles. The van der Waals surface area contributed by atoms with Crippen molar-refractivity contribution in [1.82, 2.24) is 0 Å². The number of rotatable bonds is 6. The lowest BCUT2D eigenvalue weighted by Crippen LogP contribution is -2.40. The molecule has 0 aromatic heterocycles. The molecule has 0 fully saturated rings. The second-order valence-electron chi connectivity index (χ2n) is 5.66. The van der Waals surface area contributed by atoms with Crippen LogP contribution in [0.5, 0.6) is 0 Å². The van der Waals surface area contributed by atoms with Gasteiger partial charge in [0.2, 0.25) is 5.91 Å². The molecule has 1 amide bonds. The van der Waals surface area contributed by atoms with E-state index < -0.39 is 6.04 Å². The molecule has 2 unspecified atom stereocenters. The van der Waals surface area contributed by atoms with Crippen LogP contribution in [0.1, 0.15) is 34.1 Å². The molecule has 120 valence electrons. The second kappa shape index (κ2) is 8.90. The summed E-state index contributed by atoms with van der Waals surface area (Å²) in [4.78, 5) is 14.2. The van der Waals surface area contributed by atoms with Gasteiger partial charge in [-0.25, -0.2) is 0 Å². The van der Waals surface area contributed by atoms with Gasteiger partial charge in [-0.05, 0) is 38.0 Å². The van der Waals surface area contributed by atoms with Gasteiger partial charge in [-0.15, -0.1) is 12.4 Å². The van der Waals surface area contributed by atoms with Crippen LogP contribution in [-0.4, -0.2) is 25.0 Å². The normalized spacial score (nSPS) is 13.3. The molecule has 0 radical (unpaired) electrons. The smallest absolute Gasteiger partial charge is 0.241 e. The number of amides is 1. The van der Waals surface area contributed by atoms with Crippen molar-refractivity contribution in [3.63, 3.8) is 0 Å². The van der Waals surface area contributed by atoms with Gasteiger partial charge in [0.25, 0.3) is 0 Å². The number of benzene rings is 1. The van der Waals surface area contributed by atoms with Crippen molar-refractivity contribution < 1.29 is 4.79 Å². The van der Waals surface area contributed by atoms with Crippen LogP contribution in [0.15, 0.2) is 24.3 Å². The van der Waals surface area contributed by atoms with Crippen LogP contribution >= 0.6 is 12.4 Å². The Morgan fingerprint density at radius 1 is 1.33 bits per heavy atom. The topological polar surface area (TPSA) is 58.4 Å². The maximum atomic E-state index is 12.1. The Morgan fingerprint density at radius 2 is 1.95 bits per heavy atom. The highest BCUT2D eigenvalue weighted by Gasteiger charge is 2.19. The summed E-state index contributed by atoms with van der Waals surface area (Å²) in [6.07, 6.45) is 0.894. The number of carbonyl (C=O) groups is 1. The monoisotopic (exact) mass is 313 g/mol. The number of nitrogens with one attached hydrogen (secondary N) is 1. The zero-order chi connectivity index (χ0) is 15.3. The van der Waals surface area contributed by atoms with Gasteiger partial charge >= 0.3 is 0 Å². The Bertz CT molecular complexity index is 451. The third-order valence-electron chi connectivity index (χ3n) is 3.86. The fraction of sp³-hybridized carbons (Fsp3) is 0.562. The fourth-order valence-corrected chi connectivity index (χ4v) is 1.84. The summed E-state index contributed by atoms with van der Waals surface area (Å²) in [5, 5.41) is 2.90. The molecule has 0 heterocycles. The molecule has 0 aliphatic carbocycles. The van der Waals surface area contributed by atoms with Crippen LogP contribution in [0.3, 0.4) is 0 Å². The van der Waals surface area contributed by atoms with E-state index in [1.54, 1.807) is 0 Å². The summed E-state index contributed by atoms with van der Waals surface area (Å²) in [5.74, 6) is 0.0558. The highest BCUT2D eigenvalue weighted by Crippen LogP contribution is 2.20. The minimum absolute atomic E-state index is 0. The molecule has 0 bridgehead atoms. The molecule has 1 aromatic carbocycles. The van der Waals surface area contributed by atoms with E-state index in [0.29, 0.717) is 6.04 Å². The summed E-state index contributed by atoms with van der Waals surface area (Å²) < 4.78 is 0. The molecule has 5 heteroatoms. The standard InChI is InChI=1S/C16H27N3O.ClH/c1-6-12(4)15(17)16(20)18-13-8-7-9-14(10-13)19(5)11(2)3;/h7-12,15H,6,17H2,1-5H3,(H,18,20);1H. The molecule has 3 N–H and O–H groups in total. The van der Waals surface area contributed by atoms with Crippen molar-refractivity contribution in [3.05, 3.63) is 24.3 Å². The first-order valence-electron chi connectivity index (χ1n) is 7.26. The number of hydrogen-bond donors (Lipinski definition) is 2. The van der Waals surface area contributed by atoms with E-state index in [-0.39, 0.29) is 24.2 Å². The largest absolute Gasteiger partial charge is 0.372 e. The first-order chi connectivity index (χ1) is 9.36. The van der Waals surface area contributed by atoms with E-state index in [9.17, 15) is 4.79 Å². The van der Waals surface area contributed by atoms with Gasteiger partial charge in [-0.1, -0.05) is 26.3 Å². The number of anilines is 2. The molecule has 0 saturated carbocycles. The van der Waals surface area contributed by atoms with Gasteiger partial charge in [-0.3, -0.25) is 4.79 Å². The van der Waals surface area contributed by atoms with Crippen molar-refractivity contribution >= 4 is 29.7 Å². The van der Waals surface area contributed by atoms with Crippen LogP contribution in [-0.2, 0) is 4.79 Å².